The molecule has 1 aliphatic rings. The minimum Gasteiger partial charge on any atom is -0.444 e. The van der Waals surface area contributed by atoms with Crippen molar-refractivity contribution in [2.75, 3.05) is 26.2 Å². The van der Waals surface area contributed by atoms with E-state index in [0.717, 1.165) is 0 Å². The normalized spacial score (nSPS) is 15.0. The molecule has 1 aliphatic heterocycles. The highest BCUT2D eigenvalue weighted by Gasteiger charge is 2.27. The zero-order valence-electron chi connectivity index (χ0n) is 14.8. The Bertz CT molecular complexity index is 647. The smallest absolute Gasteiger partial charge is 0.410 e. The zero-order valence-corrected chi connectivity index (χ0v) is 16.3. The van der Waals surface area contributed by atoms with E-state index in [2.05, 4.69) is 0 Å². The largest absolute Gasteiger partial charge is 0.444 e. The van der Waals surface area contributed by atoms with E-state index in [1.807, 2.05) is 25.7 Å². The molecule has 5 nitrogen and oxygen atoms in total. The molecule has 136 valence electrons. The van der Waals surface area contributed by atoms with Gasteiger partial charge in [-0.15, -0.1) is 0 Å². The predicted octanol–water partition coefficient (Wildman–Crippen LogP) is 3.79. The van der Waals surface area contributed by atoms with Crippen LogP contribution in [-0.2, 0) is 4.74 Å². The standard InChI is InChI=1S/C18H23ClN2O3S/c1-18(2,3)24-17(23)21-10-8-20(9-11-21)16(25)12-15(22)13-4-6-14(19)7-5-13/h4-7H,8-12H2,1-3H3. The lowest BCUT2D eigenvalue weighted by atomic mass is 10.1. The number of hydrogen-bond donors (Lipinski definition) is 0. The second kappa shape index (κ2) is 8.15. The van der Waals surface area contributed by atoms with Crippen molar-refractivity contribution in [2.24, 2.45) is 0 Å². The minimum atomic E-state index is -0.505. The van der Waals surface area contributed by atoms with Gasteiger partial charge in [-0.2, -0.15) is 0 Å². The molecule has 0 N–H and O–H groups in total. The molecule has 1 fully saturated rings. The SMILES string of the molecule is CC(C)(C)OC(=O)N1CCN(C(=S)CC(=O)c2ccc(Cl)cc2)CC1. The van der Waals surface area contributed by atoms with Gasteiger partial charge < -0.3 is 14.5 Å². The van der Waals surface area contributed by atoms with Crippen LogP contribution in [0.1, 0.15) is 37.6 Å². The third-order valence-electron chi connectivity index (χ3n) is 3.76. The molecule has 0 atom stereocenters. The molecule has 1 aromatic carbocycles. The number of benzene rings is 1. The molecule has 0 radical (unpaired) electrons. The Morgan fingerprint density at radius 3 is 2.12 bits per heavy atom. The van der Waals surface area contributed by atoms with E-state index in [1.165, 1.54) is 0 Å². The molecule has 7 heteroatoms. The Kier molecular flexibility index (Phi) is 6.41. The van der Waals surface area contributed by atoms with Crippen LogP contribution >= 0.6 is 23.8 Å². The fraction of sp³-hybridized carbons (Fsp3) is 0.500. The van der Waals surface area contributed by atoms with Gasteiger partial charge in [0, 0.05) is 36.8 Å². The number of Topliss-reactive ketones (excluding diaryl/α,β-unsaturated/α-hetero) is 1. The van der Waals surface area contributed by atoms with Crippen molar-refractivity contribution in [3.05, 3.63) is 34.9 Å². The van der Waals surface area contributed by atoms with Gasteiger partial charge >= 0.3 is 6.09 Å². The van der Waals surface area contributed by atoms with Crippen LogP contribution in [0.2, 0.25) is 5.02 Å². The van der Waals surface area contributed by atoms with Gasteiger partial charge in [0.25, 0.3) is 0 Å². The van der Waals surface area contributed by atoms with Gasteiger partial charge in [0.2, 0.25) is 0 Å². The molecule has 2 rings (SSSR count). The van der Waals surface area contributed by atoms with E-state index in [9.17, 15) is 9.59 Å². The summed E-state index contributed by atoms with van der Waals surface area (Å²) in [5.41, 5.74) is 0.0910. The van der Waals surface area contributed by atoms with Crippen molar-refractivity contribution in [3.8, 4) is 0 Å². The van der Waals surface area contributed by atoms with Gasteiger partial charge in [-0.05, 0) is 45.0 Å². The number of hydrogen-bond acceptors (Lipinski definition) is 4. The minimum absolute atomic E-state index is 0.0313. The molecule has 1 amide bonds. The number of rotatable bonds is 3. The lowest BCUT2D eigenvalue weighted by Crippen LogP contribution is -2.51. The van der Waals surface area contributed by atoms with Gasteiger partial charge in [-0.25, -0.2) is 4.79 Å². The quantitative estimate of drug-likeness (QED) is 0.588. The first kappa shape index (κ1) is 19.7. The fourth-order valence-corrected chi connectivity index (χ4v) is 2.89. The van der Waals surface area contributed by atoms with Gasteiger partial charge in [-0.3, -0.25) is 4.79 Å². The zero-order chi connectivity index (χ0) is 18.6. The van der Waals surface area contributed by atoms with Gasteiger partial charge in [0.1, 0.15) is 5.60 Å². The summed E-state index contributed by atoms with van der Waals surface area (Å²) in [4.78, 5) is 28.6. The predicted molar refractivity (Wildman–Crippen MR) is 102 cm³/mol. The fourth-order valence-electron chi connectivity index (χ4n) is 2.45. The average molecular weight is 383 g/mol. The van der Waals surface area contributed by atoms with Crippen LogP contribution in [0.25, 0.3) is 0 Å². The molecule has 0 unspecified atom stereocenters. The first-order chi connectivity index (χ1) is 11.7. The number of nitrogens with zero attached hydrogens (tertiary/aromatic N) is 2. The van der Waals surface area contributed by atoms with Crippen LogP contribution in [0.4, 0.5) is 4.79 Å². The topological polar surface area (TPSA) is 49.9 Å². The number of carbonyl (C=O) groups excluding carboxylic acids is 2. The van der Waals surface area contributed by atoms with Crippen molar-refractivity contribution in [2.45, 2.75) is 32.8 Å². The maximum atomic E-state index is 12.3. The van der Waals surface area contributed by atoms with Crippen LogP contribution in [-0.4, -0.2) is 58.4 Å². The molecular weight excluding hydrogens is 360 g/mol. The van der Waals surface area contributed by atoms with Gasteiger partial charge in [0.15, 0.2) is 5.78 Å². The highest BCUT2D eigenvalue weighted by atomic mass is 35.5. The molecular formula is C18H23ClN2O3S. The summed E-state index contributed by atoms with van der Waals surface area (Å²) in [5, 5.41) is 0.595. The molecule has 0 spiro atoms. The van der Waals surface area contributed by atoms with Crippen LogP contribution in [0.5, 0.6) is 0 Å². The van der Waals surface area contributed by atoms with E-state index >= 15 is 0 Å². The van der Waals surface area contributed by atoms with E-state index in [0.29, 0.717) is 41.8 Å². The Balaban J connectivity index is 1.84. The number of piperazine rings is 1. The molecule has 0 aliphatic carbocycles. The second-order valence-electron chi connectivity index (χ2n) is 6.96. The third kappa shape index (κ3) is 5.97. The Labute approximate surface area is 158 Å². The summed E-state index contributed by atoms with van der Waals surface area (Å²) in [5.74, 6) is -0.0313. The summed E-state index contributed by atoms with van der Waals surface area (Å²) in [6.07, 6.45) is -0.126. The number of ketones is 1. The van der Waals surface area contributed by atoms with Crippen LogP contribution in [0.15, 0.2) is 24.3 Å². The lowest BCUT2D eigenvalue weighted by Gasteiger charge is -2.36. The van der Waals surface area contributed by atoms with Crippen molar-refractivity contribution in [3.63, 3.8) is 0 Å². The second-order valence-corrected chi connectivity index (χ2v) is 7.86. The molecule has 0 bridgehead atoms. The number of carbonyl (C=O) groups is 2. The van der Waals surface area contributed by atoms with Gasteiger partial charge in [0.05, 0.1) is 11.4 Å². The molecule has 1 heterocycles. The summed E-state index contributed by atoms with van der Waals surface area (Å²) in [7, 11) is 0. The first-order valence-electron chi connectivity index (χ1n) is 8.20. The summed E-state index contributed by atoms with van der Waals surface area (Å²) < 4.78 is 5.38. The van der Waals surface area contributed by atoms with Crippen molar-refractivity contribution in [1.29, 1.82) is 0 Å². The Morgan fingerprint density at radius 1 is 1.08 bits per heavy atom. The summed E-state index contributed by atoms with van der Waals surface area (Å²) in [6.45, 7) is 7.81. The third-order valence-corrected chi connectivity index (χ3v) is 4.42. The first-order valence-corrected chi connectivity index (χ1v) is 8.99. The number of halogens is 1. The van der Waals surface area contributed by atoms with Crippen molar-refractivity contribution < 1.29 is 14.3 Å². The lowest BCUT2D eigenvalue weighted by molar-refractivity contribution is 0.0187. The Hall–Kier alpha value is -1.66. The van der Waals surface area contributed by atoms with Crippen molar-refractivity contribution >= 4 is 40.7 Å². The van der Waals surface area contributed by atoms with Crippen LogP contribution in [0.3, 0.4) is 0 Å². The van der Waals surface area contributed by atoms with Crippen LogP contribution in [0, 0.1) is 0 Å². The molecule has 25 heavy (non-hydrogen) atoms. The maximum absolute atomic E-state index is 12.3. The molecule has 0 saturated carbocycles. The number of amides is 1. The molecule has 1 aromatic rings. The number of thiocarbonyl (C=S) groups is 1. The molecule has 0 aromatic heterocycles. The van der Waals surface area contributed by atoms with Crippen molar-refractivity contribution in [1.82, 2.24) is 9.80 Å². The van der Waals surface area contributed by atoms with E-state index in [4.69, 9.17) is 28.6 Å². The monoisotopic (exact) mass is 382 g/mol. The average Bonchev–Trinajstić information content (AvgIpc) is 2.54. The summed E-state index contributed by atoms with van der Waals surface area (Å²) >= 11 is 11.2. The summed E-state index contributed by atoms with van der Waals surface area (Å²) in [6, 6.07) is 6.79. The van der Waals surface area contributed by atoms with Gasteiger partial charge in [-0.1, -0.05) is 23.8 Å². The van der Waals surface area contributed by atoms with Crippen LogP contribution < -0.4 is 0 Å². The van der Waals surface area contributed by atoms with E-state index in [1.54, 1.807) is 29.2 Å². The van der Waals surface area contributed by atoms with E-state index < -0.39 is 5.60 Å². The Morgan fingerprint density at radius 2 is 1.60 bits per heavy atom. The highest BCUT2D eigenvalue weighted by Crippen LogP contribution is 2.15. The maximum Gasteiger partial charge on any atom is 0.410 e. The van der Waals surface area contributed by atoms with E-state index in [-0.39, 0.29) is 18.3 Å². The molecule has 1 saturated heterocycles. The number of ether oxygens (including phenoxy) is 1. The highest BCUT2D eigenvalue weighted by molar-refractivity contribution is 7.80.